The van der Waals surface area contributed by atoms with E-state index in [1.165, 1.54) is 12.1 Å². The van der Waals surface area contributed by atoms with Gasteiger partial charge in [0.1, 0.15) is 17.0 Å². The molecule has 1 aromatic carbocycles. The Morgan fingerprint density at radius 3 is 2.67 bits per heavy atom. The van der Waals surface area contributed by atoms with Crippen molar-refractivity contribution in [1.29, 1.82) is 5.26 Å². The predicted molar refractivity (Wildman–Crippen MR) is 74.1 cm³/mol. The lowest BCUT2D eigenvalue weighted by molar-refractivity contribution is -0.145. The monoisotopic (exact) mass is 292 g/mol. The second-order valence-corrected chi connectivity index (χ2v) is 5.81. The number of nitriles is 1. The Morgan fingerprint density at radius 2 is 2.14 bits per heavy atom. The van der Waals surface area contributed by atoms with Gasteiger partial charge < -0.3 is 4.90 Å². The number of likely N-dealkylation sites (tertiary alicyclic amines) is 1. The number of halogens is 2. The van der Waals surface area contributed by atoms with E-state index in [-0.39, 0.29) is 11.8 Å². The first-order valence-corrected chi connectivity index (χ1v) is 7.04. The fraction of sp³-hybridized carbons (Fsp3) is 0.500. The van der Waals surface area contributed by atoms with Crippen LogP contribution in [-0.2, 0) is 11.2 Å². The summed E-state index contributed by atoms with van der Waals surface area (Å²) in [5.41, 5.74) is -0.515. The van der Waals surface area contributed by atoms with E-state index in [9.17, 15) is 13.6 Å². The molecule has 1 fully saturated rings. The van der Waals surface area contributed by atoms with Crippen LogP contribution in [0.2, 0.25) is 0 Å². The number of benzene rings is 1. The third-order valence-corrected chi connectivity index (χ3v) is 4.19. The molecule has 112 valence electrons. The lowest BCUT2D eigenvalue weighted by Crippen LogP contribution is -2.55. The second-order valence-electron chi connectivity index (χ2n) is 5.81. The van der Waals surface area contributed by atoms with Gasteiger partial charge >= 0.3 is 0 Å². The van der Waals surface area contributed by atoms with Gasteiger partial charge in [-0.2, -0.15) is 5.26 Å². The fourth-order valence-corrected chi connectivity index (χ4v) is 2.49. The van der Waals surface area contributed by atoms with Gasteiger partial charge in [0.15, 0.2) is 0 Å². The molecule has 21 heavy (non-hydrogen) atoms. The van der Waals surface area contributed by atoms with Crippen LogP contribution in [0, 0.1) is 34.3 Å². The topological polar surface area (TPSA) is 44.1 Å². The molecule has 1 aromatic rings. The van der Waals surface area contributed by atoms with E-state index < -0.39 is 17.0 Å². The fourth-order valence-electron chi connectivity index (χ4n) is 2.49. The van der Waals surface area contributed by atoms with Gasteiger partial charge in [-0.15, -0.1) is 0 Å². The summed E-state index contributed by atoms with van der Waals surface area (Å²) in [5, 5.41) is 9.11. The Morgan fingerprint density at radius 1 is 1.48 bits per heavy atom. The lowest BCUT2D eigenvalue weighted by Gasteiger charge is -2.42. The number of hydrogen-bond donors (Lipinski definition) is 0. The van der Waals surface area contributed by atoms with Crippen molar-refractivity contribution in [2.24, 2.45) is 11.3 Å². The third kappa shape index (κ3) is 3.05. The van der Waals surface area contributed by atoms with Crippen molar-refractivity contribution in [2.45, 2.75) is 26.7 Å². The quantitative estimate of drug-likeness (QED) is 0.856. The molecule has 1 saturated heterocycles. The first-order valence-electron chi connectivity index (χ1n) is 7.04. The van der Waals surface area contributed by atoms with Gasteiger partial charge in [-0.3, -0.25) is 4.79 Å². The summed E-state index contributed by atoms with van der Waals surface area (Å²) in [4.78, 5) is 13.8. The van der Waals surface area contributed by atoms with Crippen LogP contribution in [0.1, 0.15) is 25.8 Å². The van der Waals surface area contributed by atoms with Crippen LogP contribution < -0.4 is 0 Å². The summed E-state index contributed by atoms with van der Waals surface area (Å²) >= 11 is 0. The van der Waals surface area contributed by atoms with Crippen molar-refractivity contribution < 1.29 is 13.6 Å². The van der Waals surface area contributed by atoms with Gasteiger partial charge in [0.25, 0.3) is 0 Å². The summed E-state index contributed by atoms with van der Waals surface area (Å²) in [6.45, 7) is 4.49. The van der Waals surface area contributed by atoms with Crippen molar-refractivity contribution in [2.75, 3.05) is 13.1 Å². The highest BCUT2D eigenvalue weighted by atomic mass is 19.1. The van der Waals surface area contributed by atoms with Gasteiger partial charge in [0, 0.05) is 19.2 Å². The molecule has 1 unspecified atom stereocenters. The van der Waals surface area contributed by atoms with Crippen LogP contribution in [-0.4, -0.2) is 23.9 Å². The molecule has 3 nitrogen and oxygen atoms in total. The van der Waals surface area contributed by atoms with Crippen molar-refractivity contribution in [3.63, 3.8) is 0 Å². The highest BCUT2D eigenvalue weighted by Gasteiger charge is 2.40. The van der Waals surface area contributed by atoms with E-state index in [2.05, 4.69) is 6.07 Å². The second kappa shape index (κ2) is 5.80. The van der Waals surface area contributed by atoms with Crippen LogP contribution in [0.25, 0.3) is 0 Å². The van der Waals surface area contributed by atoms with Crippen molar-refractivity contribution in [3.05, 3.63) is 35.4 Å². The molecule has 0 aliphatic carbocycles. The average Bonchev–Trinajstić information content (AvgIpc) is 2.42. The molecule has 0 aromatic heterocycles. The Bertz CT molecular complexity index is 590. The molecule has 1 atom stereocenters. The molecule has 0 bridgehead atoms. The summed E-state index contributed by atoms with van der Waals surface area (Å²) < 4.78 is 26.4. The molecule has 1 amide bonds. The lowest BCUT2D eigenvalue weighted by atomic mass is 9.84. The standard InChI is InChI=1S/C16H18F2N2O/c1-3-16(2,10-19)15(21)20-8-11(9-20)6-12-4-5-13(17)7-14(12)18/h4-5,7,11H,3,6,8-9H2,1-2H3. The average molecular weight is 292 g/mol. The zero-order chi connectivity index (χ0) is 15.6. The number of nitrogens with zero attached hydrogens (tertiary/aromatic N) is 2. The zero-order valence-corrected chi connectivity index (χ0v) is 12.2. The van der Waals surface area contributed by atoms with E-state index in [1.807, 2.05) is 6.92 Å². The molecule has 0 N–H and O–H groups in total. The van der Waals surface area contributed by atoms with Crippen LogP contribution in [0.5, 0.6) is 0 Å². The van der Waals surface area contributed by atoms with Crippen molar-refractivity contribution in [1.82, 2.24) is 4.90 Å². The Balaban J connectivity index is 1.93. The summed E-state index contributed by atoms with van der Waals surface area (Å²) in [7, 11) is 0. The minimum atomic E-state index is -0.980. The molecule has 1 heterocycles. The maximum atomic E-state index is 13.6. The molecule has 0 spiro atoms. The molecular weight excluding hydrogens is 274 g/mol. The SMILES string of the molecule is CCC(C)(C#N)C(=O)N1CC(Cc2ccc(F)cc2F)C1. The molecular formula is C16H18F2N2O. The van der Waals surface area contributed by atoms with E-state index >= 15 is 0 Å². The maximum Gasteiger partial charge on any atom is 0.242 e. The van der Waals surface area contributed by atoms with E-state index in [4.69, 9.17) is 5.26 Å². The van der Waals surface area contributed by atoms with Crippen LogP contribution in [0.15, 0.2) is 18.2 Å². The molecule has 1 aliphatic rings. The largest absolute Gasteiger partial charge is 0.341 e. The third-order valence-electron chi connectivity index (χ3n) is 4.19. The number of amides is 1. The summed E-state index contributed by atoms with van der Waals surface area (Å²) in [5.74, 6) is -1.14. The summed E-state index contributed by atoms with van der Waals surface area (Å²) in [6.07, 6.45) is 0.946. The van der Waals surface area contributed by atoms with Crippen molar-refractivity contribution in [3.8, 4) is 6.07 Å². The maximum absolute atomic E-state index is 13.6. The van der Waals surface area contributed by atoms with Crippen LogP contribution >= 0.6 is 0 Å². The zero-order valence-electron chi connectivity index (χ0n) is 12.2. The number of carbonyl (C=O) groups is 1. The minimum Gasteiger partial charge on any atom is -0.341 e. The normalized spacial score (nSPS) is 17.8. The van der Waals surface area contributed by atoms with Crippen molar-refractivity contribution >= 4 is 5.91 Å². The van der Waals surface area contributed by atoms with E-state index in [0.29, 0.717) is 31.5 Å². The highest BCUT2D eigenvalue weighted by molar-refractivity contribution is 5.85. The Kier molecular flexibility index (Phi) is 4.26. The molecule has 0 saturated carbocycles. The first-order chi connectivity index (χ1) is 9.89. The van der Waals surface area contributed by atoms with E-state index in [0.717, 1.165) is 6.07 Å². The van der Waals surface area contributed by atoms with Gasteiger partial charge in [0.2, 0.25) is 5.91 Å². The minimum absolute atomic E-state index is 0.161. The molecule has 5 heteroatoms. The first kappa shape index (κ1) is 15.4. The Labute approximate surface area is 123 Å². The van der Waals surface area contributed by atoms with E-state index in [1.54, 1.807) is 11.8 Å². The van der Waals surface area contributed by atoms with Crippen LogP contribution in [0.3, 0.4) is 0 Å². The van der Waals surface area contributed by atoms with Crippen LogP contribution in [0.4, 0.5) is 8.78 Å². The van der Waals surface area contributed by atoms with Gasteiger partial charge in [0.05, 0.1) is 6.07 Å². The molecule has 0 radical (unpaired) electrons. The smallest absolute Gasteiger partial charge is 0.242 e. The number of rotatable bonds is 4. The predicted octanol–water partition coefficient (Wildman–Crippen LogP) is 2.91. The number of carbonyl (C=O) groups excluding carboxylic acids is 1. The van der Waals surface area contributed by atoms with Gasteiger partial charge in [-0.25, -0.2) is 8.78 Å². The highest BCUT2D eigenvalue weighted by Crippen LogP contribution is 2.29. The van der Waals surface area contributed by atoms with Gasteiger partial charge in [-0.1, -0.05) is 13.0 Å². The van der Waals surface area contributed by atoms with Gasteiger partial charge in [-0.05, 0) is 37.3 Å². The number of hydrogen-bond acceptors (Lipinski definition) is 2. The molecule has 1 aliphatic heterocycles. The molecule has 2 rings (SSSR count). The Hall–Kier alpha value is -1.96. The summed E-state index contributed by atoms with van der Waals surface area (Å²) in [6, 6.07) is 5.62.